The third-order valence-corrected chi connectivity index (χ3v) is 2.18. The summed E-state index contributed by atoms with van der Waals surface area (Å²) in [7, 11) is 0. The van der Waals surface area contributed by atoms with Gasteiger partial charge in [0.2, 0.25) is 0 Å². The summed E-state index contributed by atoms with van der Waals surface area (Å²) < 4.78 is 25.7. The van der Waals surface area contributed by atoms with Crippen LogP contribution in [-0.4, -0.2) is 12.4 Å². The molecule has 0 amide bonds. The predicted molar refractivity (Wildman–Crippen MR) is 68.0 cm³/mol. The molecule has 2 aromatic carbocycles. The van der Waals surface area contributed by atoms with Gasteiger partial charge in [-0.1, -0.05) is 24.3 Å². The minimum Gasteiger partial charge on any atom is -0.207 e. The fourth-order valence-electron chi connectivity index (χ4n) is 1.37. The molecular weight excluding hydrogens is 234 g/mol. The van der Waals surface area contributed by atoms with Crippen molar-refractivity contribution in [2.45, 2.75) is 0 Å². The summed E-state index contributed by atoms with van der Waals surface area (Å²) in [6, 6.07) is 12.0. The maximum absolute atomic E-state index is 12.8. The van der Waals surface area contributed by atoms with Crippen molar-refractivity contribution in [1.82, 2.24) is 0 Å². The minimum absolute atomic E-state index is 0.326. The van der Waals surface area contributed by atoms with Gasteiger partial charge in [0.15, 0.2) is 0 Å². The summed E-state index contributed by atoms with van der Waals surface area (Å²) in [5.74, 6) is -0.652. The van der Waals surface area contributed by atoms with Crippen LogP contribution in [0.2, 0.25) is 0 Å². The van der Waals surface area contributed by atoms with Crippen LogP contribution in [0.3, 0.4) is 0 Å². The van der Waals surface area contributed by atoms with Gasteiger partial charge < -0.3 is 0 Å². The van der Waals surface area contributed by atoms with Crippen molar-refractivity contribution in [3.05, 3.63) is 71.3 Å². The first-order chi connectivity index (χ1) is 8.74. The van der Waals surface area contributed by atoms with Crippen LogP contribution in [0.4, 0.5) is 8.78 Å². The second-order valence-electron chi connectivity index (χ2n) is 3.60. The van der Waals surface area contributed by atoms with Gasteiger partial charge in [0.1, 0.15) is 11.6 Å². The topological polar surface area (TPSA) is 24.7 Å². The normalized spacial score (nSPS) is 11.4. The van der Waals surface area contributed by atoms with Gasteiger partial charge >= 0.3 is 0 Å². The standard InChI is InChI=1S/C14H10F2N2/c15-13-5-1-3-11(7-13)9-17-18-10-12-4-2-6-14(16)8-12/h1-10H/b17-9-,18-10+. The summed E-state index contributed by atoms with van der Waals surface area (Å²) in [4.78, 5) is 0. The number of rotatable bonds is 3. The first-order valence-electron chi connectivity index (χ1n) is 5.31. The number of halogens is 2. The molecule has 0 fully saturated rings. The van der Waals surface area contributed by atoms with E-state index in [4.69, 9.17) is 0 Å². The van der Waals surface area contributed by atoms with Crippen molar-refractivity contribution < 1.29 is 8.78 Å². The van der Waals surface area contributed by atoms with E-state index in [0.717, 1.165) is 0 Å². The zero-order valence-corrected chi connectivity index (χ0v) is 9.42. The molecule has 2 aromatic rings. The Bertz CT molecular complexity index is 538. The lowest BCUT2D eigenvalue weighted by molar-refractivity contribution is 0.627. The fourth-order valence-corrected chi connectivity index (χ4v) is 1.37. The van der Waals surface area contributed by atoms with E-state index in [1.807, 2.05) is 0 Å². The van der Waals surface area contributed by atoms with E-state index in [1.165, 1.54) is 36.7 Å². The van der Waals surface area contributed by atoms with Crippen LogP contribution >= 0.6 is 0 Å². The Morgan fingerprint density at radius 1 is 0.722 bits per heavy atom. The van der Waals surface area contributed by atoms with Crippen LogP contribution in [0, 0.1) is 11.6 Å². The highest BCUT2D eigenvalue weighted by molar-refractivity contribution is 5.82. The van der Waals surface area contributed by atoms with Gasteiger partial charge in [-0.25, -0.2) is 8.78 Å². The molecule has 0 spiro atoms. The predicted octanol–water partition coefficient (Wildman–Crippen LogP) is 3.42. The molecule has 2 nitrogen and oxygen atoms in total. The molecule has 0 N–H and O–H groups in total. The molecule has 0 unspecified atom stereocenters. The molecule has 0 bridgehead atoms. The molecule has 0 saturated carbocycles. The van der Waals surface area contributed by atoms with E-state index in [1.54, 1.807) is 24.3 Å². The van der Waals surface area contributed by atoms with E-state index in [0.29, 0.717) is 11.1 Å². The van der Waals surface area contributed by atoms with Crippen LogP contribution in [0.25, 0.3) is 0 Å². The van der Waals surface area contributed by atoms with Crippen molar-refractivity contribution >= 4 is 12.4 Å². The summed E-state index contributed by atoms with van der Waals surface area (Å²) in [5.41, 5.74) is 1.23. The molecule has 4 heteroatoms. The number of nitrogens with zero attached hydrogens (tertiary/aromatic N) is 2. The van der Waals surface area contributed by atoms with Gasteiger partial charge in [-0.3, -0.25) is 0 Å². The Morgan fingerprint density at radius 3 is 1.56 bits per heavy atom. The maximum atomic E-state index is 12.8. The average Bonchev–Trinajstić information content (AvgIpc) is 2.35. The number of hydrogen-bond donors (Lipinski definition) is 0. The lowest BCUT2D eigenvalue weighted by atomic mass is 10.2. The third kappa shape index (κ3) is 3.59. The molecule has 2 rings (SSSR count). The van der Waals surface area contributed by atoms with E-state index in [-0.39, 0.29) is 11.6 Å². The number of hydrogen-bond acceptors (Lipinski definition) is 2. The van der Waals surface area contributed by atoms with Crippen molar-refractivity contribution in [2.75, 3.05) is 0 Å². The average molecular weight is 244 g/mol. The van der Waals surface area contributed by atoms with Crippen LogP contribution in [0.5, 0.6) is 0 Å². The van der Waals surface area contributed by atoms with Gasteiger partial charge in [0.05, 0.1) is 12.4 Å². The van der Waals surface area contributed by atoms with E-state index in [9.17, 15) is 8.78 Å². The molecular formula is C14H10F2N2. The molecule has 0 heterocycles. The molecule has 18 heavy (non-hydrogen) atoms. The highest BCUT2D eigenvalue weighted by Crippen LogP contribution is 2.02. The van der Waals surface area contributed by atoms with Crippen LogP contribution in [0.15, 0.2) is 58.7 Å². The molecule has 0 aromatic heterocycles. The summed E-state index contributed by atoms with van der Waals surface area (Å²) in [5, 5.41) is 7.53. The molecule has 0 aliphatic rings. The first kappa shape index (κ1) is 12.1. The maximum Gasteiger partial charge on any atom is 0.123 e. The Balaban J connectivity index is 2.03. The van der Waals surface area contributed by atoms with Gasteiger partial charge in [-0.05, 0) is 35.4 Å². The van der Waals surface area contributed by atoms with Crippen LogP contribution in [0.1, 0.15) is 11.1 Å². The Morgan fingerprint density at radius 2 is 1.17 bits per heavy atom. The van der Waals surface area contributed by atoms with Gasteiger partial charge in [0, 0.05) is 0 Å². The van der Waals surface area contributed by atoms with E-state index >= 15 is 0 Å². The van der Waals surface area contributed by atoms with Crippen molar-refractivity contribution in [3.63, 3.8) is 0 Å². The first-order valence-corrected chi connectivity index (χ1v) is 5.31. The molecule has 0 saturated heterocycles. The van der Waals surface area contributed by atoms with Crippen LogP contribution in [-0.2, 0) is 0 Å². The lowest BCUT2D eigenvalue weighted by Crippen LogP contribution is -1.83. The van der Waals surface area contributed by atoms with Gasteiger partial charge in [0.25, 0.3) is 0 Å². The Kier molecular flexibility index (Phi) is 3.91. The molecule has 0 aliphatic carbocycles. The second-order valence-corrected chi connectivity index (χ2v) is 3.60. The monoisotopic (exact) mass is 244 g/mol. The smallest absolute Gasteiger partial charge is 0.123 e. The summed E-state index contributed by atoms with van der Waals surface area (Å²) >= 11 is 0. The number of benzene rings is 2. The highest BCUT2D eigenvalue weighted by Gasteiger charge is 1.91. The highest BCUT2D eigenvalue weighted by atomic mass is 19.1. The molecule has 90 valence electrons. The zero-order valence-electron chi connectivity index (χ0n) is 9.42. The SMILES string of the molecule is Fc1cccc(/C=N\N=C\c2cccc(F)c2)c1. The molecule has 0 radical (unpaired) electrons. The molecule has 0 atom stereocenters. The minimum atomic E-state index is -0.326. The third-order valence-electron chi connectivity index (χ3n) is 2.18. The Labute approximate surface area is 103 Å². The van der Waals surface area contributed by atoms with Crippen molar-refractivity contribution in [1.29, 1.82) is 0 Å². The fraction of sp³-hybridized carbons (Fsp3) is 0. The Hall–Kier alpha value is -2.36. The van der Waals surface area contributed by atoms with Crippen LogP contribution < -0.4 is 0 Å². The lowest BCUT2D eigenvalue weighted by Gasteiger charge is -1.91. The van der Waals surface area contributed by atoms with Crippen molar-refractivity contribution in [3.8, 4) is 0 Å². The largest absolute Gasteiger partial charge is 0.207 e. The van der Waals surface area contributed by atoms with E-state index < -0.39 is 0 Å². The van der Waals surface area contributed by atoms with Crippen molar-refractivity contribution in [2.24, 2.45) is 10.2 Å². The van der Waals surface area contributed by atoms with Gasteiger partial charge in [-0.15, -0.1) is 0 Å². The van der Waals surface area contributed by atoms with Gasteiger partial charge in [-0.2, -0.15) is 10.2 Å². The summed E-state index contributed by atoms with van der Waals surface area (Å²) in [6.07, 6.45) is 2.86. The quantitative estimate of drug-likeness (QED) is 0.584. The molecule has 0 aliphatic heterocycles. The van der Waals surface area contributed by atoms with E-state index in [2.05, 4.69) is 10.2 Å². The zero-order chi connectivity index (χ0) is 12.8. The summed E-state index contributed by atoms with van der Waals surface area (Å²) in [6.45, 7) is 0. The second kappa shape index (κ2) is 5.82.